The summed E-state index contributed by atoms with van der Waals surface area (Å²) in [7, 11) is 0. The van der Waals surface area contributed by atoms with Gasteiger partial charge in [0.25, 0.3) is 0 Å². The largest absolute Gasteiger partial charge is 0.492 e. The number of unbranched alkanes of at least 4 members (excludes halogenated alkanes) is 1. The Balaban J connectivity index is 1.51. The Hall–Kier alpha value is -3.49. The van der Waals surface area contributed by atoms with Crippen LogP contribution in [0.4, 0.5) is 10.5 Å². The molecule has 0 saturated heterocycles. The summed E-state index contributed by atoms with van der Waals surface area (Å²) in [5.41, 5.74) is 2.67. The zero-order chi connectivity index (χ0) is 27.9. The van der Waals surface area contributed by atoms with Gasteiger partial charge >= 0.3 is 12.0 Å². The summed E-state index contributed by atoms with van der Waals surface area (Å²) < 4.78 is 11.2. The van der Waals surface area contributed by atoms with Gasteiger partial charge in [-0.2, -0.15) is 0 Å². The molecule has 3 aromatic rings. The number of nitrogens with one attached hydrogen (secondary N) is 1. The van der Waals surface area contributed by atoms with E-state index in [1.807, 2.05) is 85.4 Å². The normalized spacial score (nSPS) is 11.5. The van der Waals surface area contributed by atoms with Crippen LogP contribution < -0.4 is 10.1 Å². The van der Waals surface area contributed by atoms with Crippen molar-refractivity contribution < 1.29 is 24.2 Å². The average molecular weight is 551 g/mol. The molecule has 0 saturated carbocycles. The number of carbonyl (C=O) groups is 2. The van der Waals surface area contributed by atoms with Crippen molar-refractivity contribution in [3.63, 3.8) is 0 Å². The Morgan fingerprint density at radius 1 is 0.949 bits per heavy atom. The maximum absolute atomic E-state index is 13.1. The molecule has 0 aromatic heterocycles. The smallest absolute Gasteiger partial charge is 0.333 e. The van der Waals surface area contributed by atoms with E-state index in [4.69, 9.17) is 9.47 Å². The first-order valence-electron chi connectivity index (χ1n) is 13.3. The Morgan fingerprint density at radius 2 is 1.67 bits per heavy atom. The molecular weight excluding hydrogens is 512 g/mol. The summed E-state index contributed by atoms with van der Waals surface area (Å²) in [6.45, 7) is 5.51. The number of ether oxygens (including phenoxy) is 2. The van der Waals surface area contributed by atoms with Crippen molar-refractivity contribution in [2.75, 3.05) is 37.4 Å². The highest BCUT2D eigenvalue weighted by atomic mass is 32.2. The van der Waals surface area contributed by atoms with Gasteiger partial charge in [0.2, 0.25) is 0 Å². The van der Waals surface area contributed by atoms with Crippen LogP contribution in [0.2, 0.25) is 0 Å². The van der Waals surface area contributed by atoms with Crippen LogP contribution in [0, 0.1) is 6.92 Å². The fraction of sp³-hybridized carbons (Fsp3) is 0.355. The molecule has 1 atom stereocenters. The number of carbonyl (C=O) groups excluding carboxylic acids is 1. The molecule has 208 valence electrons. The second kappa shape index (κ2) is 16.5. The lowest BCUT2D eigenvalue weighted by molar-refractivity contribution is -0.149. The van der Waals surface area contributed by atoms with Gasteiger partial charge in [-0.25, -0.2) is 9.59 Å². The quantitative estimate of drug-likeness (QED) is 0.156. The molecule has 0 spiro atoms. The highest BCUT2D eigenvalue weighted by Gasteiger charge is 2.18. The van der Waals surface area contributed by atoms with Crippen LogP contribution in [0.15, 0.2) is 83.8 Å². The average Bonchev–Trinajstić information content (AvgIpc) is 2.94. The summed E-state index contributed by atoms with van der Waals surface area (Å²) in [5, 5.41) is 12.3. The highest BCUT2D eigenvalue weighted by Crippen LogP contribution is 2.19. The van der Waals surface area contributed by atoms with Crippen LogP contribution >= 0.6 is 11.8 Å². The molecule has 0 fully saturated rings. The van der Waals surface area contributed by atoms with E-state index in [0.717, 1.165) is 35.4 Å². The van der Waals surface area contributed by atoms with Gasteiger partial charge in [0.15, 0.2) is 6.10 Å². The summed E-state index contributed by atoms with van der Waals surface area (Å²) in [4.78, 5) is 27.5. The first kappa shape index (κ1) is 30.1. The highest BCUT2D eigenvalue weighted by molar-refractivity contribution is 7.99. The minimum Gasteiger partial charge on any atom is -0.492 e. The number of aryl methyl sites for hydroxylation is 1. The summed E-state index contributed by atoms with van der Waals surface area (Å²) in [6, 6.07) is 25.2. The molecule has 0 aliphatic heterocycles. The molecule has 0 aliphatic carbocycles. The number of carboxylic acids is 1. The number of carboxylic acid groups (broad SMARTS) is 1. The van der Waals surface area contributed by atoms with Crippen molar-refractivity contribution in [2.45, 2.75) is 44.1 Å². The number of nitrogens with zero attached hydrogens (tertiary/aromatic N) is 1. The second-order valence-corrected chi connectivity index (χ2v) is 10.2. The zero-order valence-corrected chi connectivity index (χ0v) is 23.5. The Bertz CT molecular complexity index is 1160. The third-order valence-corrected chi connectivity index (χ3v) is 7.22. The lowest BCUT2D eigenvalue weighted by Gasteiger charge is -2.24. The van der Waals surface area contributed by atoms with Crippen LogP contribution in [0.5, 0.6) is 5.75 Å². The van der Waals surface area contributed by atoms with Crippen LogP contribution in [0.25, 0.3) is 0 Å². The molecule has 7 nitrogen and oxygen atoms in total. The van der Waals surface area contributed by atoms with Crippen LogP contribution in [-0.4, -0.2) is 60.2 Å². The Labute approximate surface area is 235 Å². The lowest BCUT2D eigenvalue weighted by atomic mass is 10.1. The molecule has 3 aromatic carbocycles. The van der Waals surface area contributed by atoms with Gasteiger partial charge in [0.05, 0.1) is 6.54 Å². The maximum atomic E-state index is 13.1. The van der Waals surface area contributed by atoms with E-state index in [9.17, 15) is 14.7 Å². The number of aliphatic carboxylic acids is 1. The van der Waals surface area contributed by atoms with Crippen LogP contribution in [0.1, 0.15) is 30.9 Å². The van der Waals surface area contributed by atoms with Crippen molar-refractivity contribution in [3.8, 4) is 5.75 Å². The minimum atomic E-state index is -0.972. The number of thioether (sulfide) groups is 1. The number of urea groups is 1. The van der Waals surface area contributed by atoms with E-state index in [1.165, 1.54) is 4.90 Å². The van der Waals surface area contributed by atoms with Crippen LogP contribution in [-0.2, 0) is 16.0 Å². The summed E-state index contributed by atoms with van der Waals surface area (Å²) in [6.07, 6.45) is 1.31. The number of benzene rings is 3. The van der Waals surface area contributed by atoms with E-state index in [2.05, 4.69) is 17.4 Å². The fourth-order valence-electron chi connectivity index (χ4n) is 3.96. The van der Waals surface area contributed by atoms with Crippen molar-refractivity contribution in [2.24, 2.45) is 0 Å². The number of amides is 2. The molecule has 0 radical (unpaired) electrons. The van der Waals surface area contributed by atoms with E-state index in [-0.39, 0.29) is 6.03 Å². The molecular formula is C31H38N2O5S. The standard InChI is InChI=1S/C31H38N2O5S/c1-3-37-29(30(34)35)23-25-15-17-26(18-16-25)38-21-20-33(31(36)32-28-14-8-7-11-24(28)2)19-9-10-22-39-27-12-5-4-6-13-27/h4-8,11-18,29H,3,9-10,19-23H2,1-2H3,(H,32,36)(H,34,35). The second-order valence-electron chi connectivity index (χ2n) is 9.08. The third kappa shape index (κ3) is 10.7. The van der Waals surface area contributed by atoms with Gasteiger partial charge in [-0.05, 0) is 73.9 Å². The minimum absolute atomic E-state index is 0.144. The first-order chi connectivity index (χ1) is 19.0. The van der Waals surface area contributed by atoms with Gasteiger partial charge in [0.1, 0.15) is 12.4 Å². The third-order valence-electron chi connectivity index (χ3n) is 6.13. The fourth-order valence-corrected chi connectivity index (χ4v) is 4.90. The first-order valence-corrected chi connectivity index (χ1v) is 14.3. The van der Waals surface area contributed by atoms with Gasteiger partial charge < -0.3 is 24.8 Å². The SMILES string of the molecule is CCOC(Cc1ccc(OCCN(CCCCSc2ccccc2)C(=O)Nc2ccccc2C)cc1)C(=O)O. The predicted molar refractivity (Wildman–Crippen MR) is 157 cm³/mol. The number of anilines is 1. The molecule has 2 N–H and O–H groups in total. The van der Waals surface area contributed by atoms with E-state index >= 15 is 0 Å². The van der Waals surface area contributed by atoms with E-state index < -0.39 is 12.1 Å². The number of hydrogen-bond acceptors (Lipinski definition) is 5. The van der Waals surface area contributed by atoms with Gasteiger partial charge in [-0.15, -0.1) is 11.8 Å². The number of para-hydroxylation sites is 1. The molecule has 0 heterocycles. The summed E-state index contributed by atoms with van der Waals surface area (Å²) >= 11 is 1.82. The Morgan fingerprint density at radius 3 is 2.36 bits per heavy atom. The molecule has 39 heavy (non-hydrogen) atoms. The van der Waals surface area contributed by atoms with E-state index in [1.54, 1.807) is 11.8 Å². The topological polar surface area (TPSA) is 88.1 Å². The van der Waals surface area contributed by atoms with Crippen LogP contribution in [0.3, 0.4) is 0 Å². The van der Waals surface area contributed by atoms with Gasteiger partial charge in [-0.3, -0.25) is 0 Å². The zero-order valence-electron chi connectivity index (χ0n) is 22.7. The van der Waals surface area contributed by atoms with Crippen molar-refractivity contribution in [3.05, 3.63) is 90.0 Å². The number of rotatable bonds is 16. The molecule has 1 unspecified atom stereocenters. The molecule has 3 rings (SSSR count). The lowest BCUT2D eigenvalue weighted by Crippen LogP contribution is -2.38. The monoisotopic (exact) mass is 550 g/mol. The van der Waals surface area contributed by atoms with Crippen molar-refractivity contribution in [1.82, 2.24) is 4.90 Å². The van der Waals surface area contributed by atoms with Gasteiger partial charge in [0, 0.05) is 30.2 Å². The molecule has 2 amide bonds. The molecule has 0 bridgehead atoms. The van der Waals surface area contributed by atoms with Crippen molar-refractivity contribution >= 4 is 29.4 Å². The number of hydrogen-bond donors (Lipinski definition) is 2. The van der Waals surface area contributed by atoms with E-state index in [0.29, 0.717) is 38.5 Å². The predicted octanol–water partition coefficient (Wildman–Crippen LogP) is 6.51. The molecule has 8 heteroatoms. The maximum Gasteiger partial charge on any atom is 0.333 e. The Kier molecular flexibility index (Phi) is 12.7. The van der Waals surface area contributed by atoms with Crippen molar-refractivity contribution in [1.29, 1.82) is 0 Å². The molecule has 0 aliphatic rings. The summed E-state index contributed by atoms with van der Waals surface area (Å²) in [5.74, 6) is 0.687. The van der Waals surface area contributed by atoms with Gasteiger partial charge in [-0.1, -0.05) is 48.5 Å².